The summed E-state index contributed by atoms with van der Waals surface area (Å²) in [4.78, 5) is 17.2. The summed E-state index contributed by atoms with van der Waals surface area (Å²) in [5.41, 5.74) is 0.133. The second-order valence-corrected chi connectivity index (χ2v) is 12.7. The second kappa shape index (κ2) is 13.7. The van der Waals surface area contributed by atoms with E-state index < -0.39 is 27.7 Å². The van der Waals surface area contributed by atoms with Gasteiger partial charge in [0.25, 0.3) is 10.0 Å². The van der Waals surface area contributed by atoms with Crippen LogP contribution in [0.25, 0.3) is 17.1 Å². The number of nitrogens with one attached hydrogen (secondary N) is 2. The number of thioether (sulfide) groups is 1. The molecule has 2 heterocycles. The number of alkyl halides is 3. The molecule has 10 nitrogen and oxygen atoms in total. The number of hydrogen-bond acceptors (Lipinski definition) is 8. The van der Waals surface area contributed by atoms with Crippen molar-refractivity contribution in [1.29, 1.82) is 0 Å². The van der Waals surface area contributed by atoms with Crippen LogP contribution < -0.4 is 14.8 Å². The number of carbonyl (C=O) groups is 1. The van der Waals surface area contributed by atoms with Crippen LogP contribution in [-0.2, 0) is 21.0 Å². The van der Waals surface area contributed by atoms with Crippen molar-refractivity contribution >= 4 is 39.2 Å². The van der Waals surface area contributed by atoms with Crippen LogP contribution in [0.15, 0.2) is 87.8 Å². The molecule has 0 atom stereocenters. The van der Waals surface area contributed by atoms with Gasteiger partial charge in [0.2, 0.25) is 5.91 Å². The molecule has 236 valence electrons. The van der Waals surface area contributed by atoms with E-state index in [9.17, 15) is 26.4 Å². The lowest BCUT2D eigenvalue weighted by molar-refractivity contribution is -0.137. The fourth-order valence-electron chi connectivity index (χ4n) is 4.58. The number of anilines is 1. The molecule has 15 heteroatoms. The van der Waals surface area contributed by atoms with E-state index >= 15 is 0 Å². The number of methoxy groups -OCH3 is 1. The first-order valence-electron chi connectivity index (χ1n) is 13.9. The largest absolute Gasteiger partial charge is 0.497 e. The van der Waals surface area contributed by atoms with Crippen LogP contribution in [0.2, 0.25) is 0 Å². The maximum Gasteiger partial charge on any atom is 0.416 e. The van der Waals surface area contributed by atoms with Crippen LogP contribution in [0, 0.1) is 0 Å². The Hall–Kier alpha value is -4.37. The van der Waals surface area contributed by atoms with E-state index in [1.807, 2.05) is 0 Å². The molecule has 1 amide bonds. The predicted octanol–water partition coefficient (Wildman–Crippen LogP) is 5.94. The van der Waals surface area contributed by atoms with Crippen molar-refractivity contribution in [1.82, 2.24) is 19.5 Å². The van der Waals surface area contributed by atoms with E-state index in [2.05, 4.69) is 25.2 Å². The van der Waals surface area contributed by atoms with Crippen molar-refractivity contribution in [2.75, 3.05) is 24.7 Å². The number of hydrogen-bond donors (Lipinski definition) is 2. The van der Waals surface area contributed by atoms with Crippen LogP contribution in [0.5, 0.6) is 5.75 Å². The highest BCUT2D eigenvalue weighted by atomic mass is 32.2. The number of aromatic nitrogens is 3. The Morgan fingerprint density at radius 1 is 1.00 bits per heavy atom. The van der Waals surface area contributed by atoms with Gasteiger partial charge in [-0.25, -0.2) is 8.42 Å². The molecular weight excluding hydrogens is 629 g/mol. The maximum atomic E-state index is 13.6. The third kappa shape index (κ3) is 8.02. The third-order valence-electron chi connectivity index (χ3n) is 6.80. The summed E-state index contributed by atoms with van der Waals surface area (Å²) >= 11 is 0.966. The average Bonchev–Trinajstić information content (AvgIpc) is 3.28. The Balaban J connectivity index is 1.35. The Bertz CT molecular complexity index is 1810. The molecule has 0 saturated carbocycles. The highest BCUT2D eigenvalue weighted by Gasteiger charge is 2.31. The number of sulfonamides is 1. The summed E-state index contributed by atoms with van der Waals surface area (Å²) in [5.74, 6) is 0.591. The molecule has 2 N–H and O–H groups in total. The number of aliphatic imine (C=N–C) groups is 1. The Labute approximate surface area is 262 Å². The van der Waals surface area contributed by atoms with Gasteiger partial charge in [0.05, 0.1) is 29.0 Å². The van der Waals surface area contributed by atoms with Crippen LogP contribution >= 0.6 is 11.8 Å². The van der Waals surface area contributed by atoms with E-state index in [0.29, 0.717) is 30.1 Å². The highest BCUT2D eigenvalue weighted by Crippen LogP contribution is 2.34. The molecule has 45 heavy (non-hydrogen) atoms. The molecule has 0 bridgehead atoms. The first kappa shape index (κ1) is 32.0. The van der Waals surface area contributed by atoms with Crippen molar-refractivity contribution in [3.05, 3.63) is 78.4 Å². The quantitative estimate of drug-likeness (QED) is 0.213. The smallest absolute Gasteiger partial charge is 0.416 e. The number of carbonyl (C=O) groups excluding carboxylic acids is 1. The van der Waals surface area contributed by atoms with Crippen molar-refractivity contribution in [2.45, 2.75) is 41.9 Å². The van der Waals surface area contributed by atoms with Gasteiger partial charge in [-0.2, -0.15) is 13.2 Å². The minimum atomic E-state index is -4.57. The maximum absolute atomic E-state index is 13.6. The van der Waals surface area contributed by atoms with Gasteiger partial charge in [0, 0.05) is 24.2 Å². The molecule has 0 saturated heterocycles. The highest BCUT2D eigenvalue weighted by molar-refractivity contribution is 7.99. The molecule has 0 spiro atoms. The predicted molar refractivity (Wildman–Crippen MR) is 165 cm³/mol. The minimum Gasteiger partial charge on any atom is -0.497 e. The van der Waals surface area contributed by atoms with Gasteiger partial charge < -0.3 is 10.1 Å². The standard InChI is InChI=1S/C30H29F3N6O4S2/c1-43-24-14-12-20(13-15-24)28-36-37-29(39(28)23-9-5-7-21(17-23)30(31,32)33)44-19-27(40)35-22-8-6-10-25(18-22)45(41,42)38-26-11-3-2-4-16-34-26/h5-10,12-15,17-18H,2-4,11,16,19H2,1H3,(H,34,38)(H,35,40). The molecule has 1 aliphatic heterocycles. The van der Waals surface area contributed by atoms with Gasteiger partial charge in [-0.3, -0.25) is 19.1 Å². The lowest BCUT2D eigenvalue weighted by atomic mass is 10.1. The number of nitrogens with zero attached hydrogens (tertiary/aromatic N) is 4. The molecule has 0 unspecified atom stereocenters. The summed E-state index contributed by atoms with van der Waals surface area (Å²) in [5, 5.41) is 11.3. The third-order valence-corrected chi connectivity index (χ3v) is 9.11. The van der Waals surface area contributed by atoms with Crippen LogP contribution in [0.4, 0.5) is 18.9 Å². The van der Waals surface area contributed by atoms with Crippen molar-refractivity contribution in [3.8, 4) is 22.8 Å². The SMILES string of the molecule is COc1ccc(-c2nnc(SCC(=O)Nc3cccc(S(=O)(=O)NC4=NCCCCC4)c3)n2-c2cccc(C(F)(F)F)c2)cc1. The zero-order valence-corrected chi connectivity index (χ0v) is 25.7. The van der Waals surface area contributed by atoms with E-state index in [1.165, 1.54) is 42.0 Å². The first-order chi connectivity index (χ1) is 21.5. The van der Waals surface area contributed by atoms with Crippen molar-refractivity contribution < 1.29 is 31.1 Å². The van der Waals surface area contributed by atoms with E-state index in [1.54, 1.807) is 30.3 Å². The number of ether oxygens (including phenoxy) is 1. The van der Waals surface area contributed by atoms with Gasteiger partial charge >= 0.3 is 6.18 Å². The number of amidine groups is 1. The normalized spacial score (nSPS) is 13.9. The summed E-state index contributed by atoms with van der Waals surface area (Å²) in [6, 6.07) is 17.3. The van der Waals surface area contributed by atoms with Crippen LogP contribution in [0.3, 0.4) is 0 Å². The van der Waals surface area contributed by atoms with Crippen LogP contribution in [0.1, 0.15) is 31.2 Å². The number of benzene rings is 3. The van der Waals surface area contributed by atoms with Gasteiger partial charge in [-0.05, 0) is 73.5 Å². The van der Waals surface area contributed by atoms with Gasteiger partial charge in [-0.15, -0.1) is 10.2 Å². The average molecular weight is 659 g/mol. The van der Waals surface area contributed by atoms with E-state index in [-0.39, 0.29) is 33.0 Å². The lowest BCUT2D eigenvalue weighted by Gasteiger charge is -2.13. The van der Waals surface area contributed by atoms with Gasteiger partial charge in [-0.1, -0.05) is 30.3 Å². The molecule has 0 fully saturated rings. The Morgan fingerprint density at radius 2 is 1.78 bits per heavy atom. The molecule has 5 rings (SSSR count). The zero-order valence-electron chi connectivity index (χ0n) is 24.0. The van der Waals surface area contributed by atoms with E-state index in [4.69, 9.17) is 4.74 Å². The Kier molecular flexibility index (Phi) is 9.77. The van der Waals surface area contributed by atoms with Gasteiger partial charge in [0.1, 0.15) is 11.6 Å². The lowest BCUT2D eigenvalue weighted by Crippen LogP contribution is -2.30. The van der Waals surface area contributed by atoms with E-state index in [0.717, 1.165) is 43.2 Å². The number of amides is 1. The van der Waals surface area contributed by atoms with Crippen molar-refractivity contribution in [2.24, 2.45) is 4.99 Å². The molecular formula is C30H29F3N6O4S2. The Morgan fingerprint density at radius 3 is 2.53 bits per heavy atom. The fraction of sp³-hybridized carbons (Fsp3) is 0.267. The molecule has 3 aromatic carbocycles. The summed E-state index contributed by atoms with van der Waals surface area (Å²) in [6.07, 6.45) is -1.30. The first-order valence-corrected chi connectivity index (χ1v) is 16.4. The molecule has 4 aromatic rings. The monoisotopic (exact) mass is 658 g/mol. The molecule has 0 radical (unpaired) electrons. The minimum absolute atomic E-state index is 0.0340. The molecule has 1 aromatic heterocycles. The number of rotatable bonds is 9. The zero-order chi connectivity index (χ0) is 32.0. The fourth-order valence-corrected chi connectivity index (χ4v) is 6.47. The molecule has 0 aliphatic carbocycles. The summed E-state index contributed by atoms with van der Waals surface area (Å²) < 4.78 is 75.8. The second-order valence-electron chi connectivity index (χ2n) is 10.0. The molecule has 1 aliphatic rings. The number of halogens is 3. The van der Waals surface area contributed by atoms with Gasteiger partial charge in [0.15, 0.2) is 11.0 Å². The van der Waals surface area contributed by atoms with Crippen molar-refractivity contribution in [3.63, 3.8) is 0 Å². The summed E-state index contributed by atoms with van der Waals surface area (Å²) in [6.45, 7) is 0.564. The van der Waals surface area contributed by atoms with Crippen LogP contribution in [-0.4, -0.2) is 54.3 Å². The summed E-state index contributed by atoms with van der Waals surface area (Å²) in [7, 11) is -2.40. The topological polar surface area (TPSA) is 128 Å².